The first-order valence-corrected chi connectivity index (χ1v) is 16.4. The molecule has 8 saturated carbocycles. The maximum atomic E-state index is 14.1. The summed E-state index contributed by atoms with van der Waals surface area (Å²) in [6, 6.07) is 0. The molecule has 44 heavy (non-hydrogen) atoms. The van der Waals surface area contributed by atoms with Crippen molar-refractivity contribution in [1.82, 2.24) is 0 Å². The van der Waals surface area contributed by atoms with E-state index in [-0.39, 0.29) is 53.0 Å². The van der Waals surface area contributed by atoms with Crippen LogP contribution in [0.3, 0.4) is 0 Å². The van der Waals surface area contributed by atoms with Crippen molar-refractivity contribution in [3.05, 3.63) is 0 Å². The fourth-order valence-electron chi connectivity index (χ4n) is 11.7. The number of rotatable bonds is 9. The first-order chi connectivity index (χ1) is 18.5. The van der Waals surface area contributed by atoms with E-state index >= 15 is 0 Å². The van der Waals surface area contributed by atoms with E-state index in [4.69, 9.17) is 9.47 Å². The Labute approximate surface area is 270 Å². The lowest BCUT2D eigenvalue weighted by atomic mass is 9.45. The lowest BCUT2D eigenvalue weighted by Crippen LogP contribution is -2.67. The zero-order valence-corrected chi connectivity index (χ0v) is 25.9. The van der Waals surface area contributed by atoms with Gasteiger partial charge >= 0.3 is 11.9 Å². The molecular formula is C38H70O6. The van der Waals surface area contributed by atoms with E-state index in [2.05, 4.69) is 13.8 Å². The van der Waals surface area contributed by atoms with Gasteiger partial charge in [-0.2, -0.15) is 0 Å². The van der Waals surface area contributed by atoms with Gasteiger partial charge < -0.3 is 19.7 Å². The van der Waals surface area contributed by atoms with Crippen molar-refractivity contribution in [2.75, 3.05) is 0 Å². The van der Waals surface area contributed by atoms with E-state index in [1.54, 1.807) is 0 Å². The van der Waals surface area contributed by atoms with E-state index in [1.165, 1.54) is 38.5 Å². The molecule has 8 rings (SSSR count). The second-order valence-corrected chi connectivity index (χ2v) is 17.2. The molecule has 0 aromatic heterocycles. The third-order valence-corrected chi connectivity index (χ3v) is 13.1. The maximum absolute atomic E-state index is 14.1. The van der Waals surface area contributed by atoms with Crippen molar-refractivity contribution in [3.8, 4) is 0 Å². The minimum absolute atomic E-state index is 0. The van der Waals surface area contributed by atoms with Crippen molar-refractivity contribution < 1.29 is 29.3 Å². The molecule has 4 unspecified atom stereocenters. The average Bonchev–Trinajstić information content (AvgIpc) is 2.80. The van der Waals surface area contributed by atoms with Crippen LogP contribution >= 0.6 is 0 Å². The minimum Gasteiger partial charge on any atom is -0.458 e. The molecule has 0 heterocycles. The summed E-state index contributed by atoms with van der Waals surface area (Å²) in [5.41, 5.74) is -4.88. The molecule has 8 aliphatic rings. The van der Waals surface area contributed by atoms with Gasteiger partial charge in [0.25, 0.3) is 0 Å². The summed E-state index contributed by atoms with van der Waals surface area (Å²) >= 11 is 0. The van der Waals surface area contributed by atoms with Crippen molar-refractivity contribution >= 4 is 11.9 Å². The van der Waals surface area contributed by atoms with Crippen LogP contribution in [0.25, 0.3) is 0 Å². The Morgan fingerprint density at radius 3 is 1.57 bits per heavy atom. The molecule has 0 radical (unpaired) electrons. The Balaban J connectivity index is 0.00000169. The zero-order chi connectivity index (χ0) is 29.0. The van der Waals surface area contributed by atoms with E-state index in [0.717, 1.165) is 24.2 Å². The van der Waals surface area contributed by atoms with Gasteiger partial charge in [0.2, 0.25) is 0 Å². The van der Waals surface area contributed by atoms with Crippen molar-refractivity contribution in [2.24, 2.45) is 39.9 Å². The molecule has 0 aliphatic heterocycles. The zero-order valence-electron chi connectivity index (χ0n) is 25.9. The minimum atomic E-state index is -0.956. The molecule has 8 bridgehead atoms. The molecule has 6 nitrogen and oxygen atoms in total. The maximum Gasteiger partial charge on any atom is 0.312 e. The fourth-order valence-corrected chi connectivity index (χ4v) is 11.7. The van der Waals surface area contributed by atoms with Crippen LogP contribution in [0.4, 0.5) is 0 Å². The Hall–Kier alpha value is -1.14. The molecule has 2 N–H and O–H groups in total. The van der Waals surface area contributed by atoms with Gasteiger partial charge in [0.05, 0.1) is 22.0 Å². The summed E-state index contributed by atoms with van der Waals surface area (Å²) in [5, 5.41) is 22.3. The molecule has 258 valence electrons. The quantitative estimate of drug-likeness (QED) is 0.249. The second kappa shape index (κ2) is 12.1. The number of carbonyl (C=O) groups excluding carboxylic acids is 2. The van der Waals surface area contributed by atoms with Gasteiger partial charge in [0.15, 0.2) is 0 Å². The highest BCUT2D eigenvalue weighted by molar-refractivity contribution is 5.81. The molecular weight excluding hydrogens is 552 g/mol. The second-order valence-electron chi connectivity index (χ2n) is 17.2. The van der Waals surface area contributed by atoms with Gasteiger partial charge in [0, 0.05) is 24.7 Å². The van der Waals surface area contributed by atoms with Crippen molar-refractivity contribution in [3.63, 3.8) is 0 Å². The SMILES string of the molecule is C.C.C.C.CCC(C)(CC(C)(C)C(=O)OC12CC3CC(O)(CC(O)(C3)C1)C2)C(=O)OC(C)(CC)C12CC3CC(CC(C3)C1)C2. The van der Waals surface area contributed by atoms with Crippen LogP contribution in [-0.2, 0) is 19.1 Å². The average molecular weight is 623 g/mol. The van der Waals surface area contributed by atoms with E-state index in [1.807, 2.05) is 27.7 Å². The third-order valence-electron chi connectivity index (χ3n) is 13.1. The highest BCUT2D eigenvalue weighted by atomic mass is 16.6. The largest absolute Gasteiger partial charge is 0.458 e. The molecule has 0 saturated heterocycles. The Morgan fingerprint density at radius 2 is 1.16 bits per heavy atom. The number of carbonyl (C=O) groups is 2. The molecule has 6 heteroatoms. The first kappa shape index (κ1) is 39.0. The standard InChI is InChI=1S/C34H54O6.4CH4/c1-7-29(5,27(36)39-30(6,8-2)31-12-22-9-23(13-31)11-24(10-22)14-31)18-28(3,4)26(35)40-34-17-25-15-32(37,20-34)19-33(38,16-25)21-34;;;;/h22-25,37-38H,7-21H2,1-6H3;4*1H4. The number of esters is 2. The Bertz CT molecular complexity index is 1010. The Morgan fingerprint density at radius 1 is 0.682 bits per heavy atom. The van der Waals surface area contributed by atoms with Crippen LogP contribution < -0.4 is 0 Å². The van der Waals surface area contributed by atoms with Gasteiger partial charge in [0.1, 0.15) is 11.2 Å². The first-order valence-electron chi connectivity index (χ1n) is 16.4. The lowest BCUT2D eigenvalue weighted by Gasteiger charge is -2.62. The van der Waals surface area contributed by atoms with Gasteiger partial charge in [-0.05, 0) is 128 Å². The molecule has 0 aromatic carbocycles. The summed E-state index contributed by atoms with van der Waals surface area (Å²) in [6.07, 6.45) is 12.6. The summed E-state index contributed by atoms with van der Waals surface area (Å²) in [6.45, 7) is 12.1. The summed E-state index contributed by atoms with van der Waals surface area (Å²) in [5.74, 6) is 1.99. The van der Waals surface area contributed by atoms with Gasteiger partial charge in [-0.15, -0.1) is 0 Å². The number of hydrogen-bond acceptors (Lipinski definition) is 6. The van der Waals surface area contributed by atoms with Crippen LogP contribution in [0.5, 0.6) is 0 Å². The molecule has 0 amide bonds. The normalized spacial score (nSPS) is 41.9. The molecule has 0 aromatic rings. The molecule has 8 aliphatic carbocycles. The van der Waals surface area contributed by atoms with E-state index < -0.39 is 33.2 Å². The van der Waals surface area contributed by atoms with Gasteiger partial charge in [-0.25, -0.2) is 0 Å². The topological polar surface area (TPSA) is 93.1 Å². The molecule has 4 atom stereocenters. The molecule has 0 spiro atoms. The van der Waals surface area contributed by atoms with Crippen LogP contribution in [0.15, 0.2) is 0 Å². The number of ether oxygens (including phenoxy) is 2. The predicted octanol–water partition coefficient (Wildman–Crippen LogP) is 9.03. The summed E-state index contributed by atoms with van der Waals surface area (Å²) in [4.78, 5) is 27.9. The third kappa shape index (κ3) is 6.26. The Kier molecular flexibility index (Phi) is 10.8. The number of hydrogen-bond donors (Lipinski definition) is 2. The van der Waals surface area contributed by atoms with E-state index in [0.29, 0.717) is 51.4 Å². The fraction of sp³-hybridized carbons (Fsp3) is 0.947. The van der Waals surface area contributed by atoms with Crippen molar-refractivity contribution in [2.45, 2.75) is 190 Å². The smallest absolute Gasteiger partial charge is 0.312 e. The van der Waals surface area contributed by atoms with Crippen LogP contribution in [0.2, 0.25) is 0 Å². The summed E-state index contributed by atoms with van der Waals surface area (Å²) in [7, 11) is 0. The lowest BCUT2D eigenvalue weighted by molar-refractivity contribution is -0.264. The van der Waals surface area contributed by atoms with Crippen molar-refractivity contribution in [1.29, 1.82) is 0 Å². The predicted molar refractivity (Wildman–Crippen MR) is 179 cm³/mol. The number of aliphatic hydroxyl groups is 2. The monoisotopic (exact) mass is 623 g/mol. The molecule has 8 fully saturated rings. The van der Waals surface area contributed by atoms with Crippen LogP contribution in [0.1, 0.15) is 168 Å². The summed E-state index contributed by atoms with van der Waals surface area (Å²) < 4.78 is 12.9. The van der Waals surface area contributed by atoms with E-state index in [9.17, 15) is 19.8 Å². The van der Waals surface area contributed by atoms with Crippen LogP contribution in [-0.4, -0.2) is 44.6 Å². The highest BCUT2D eigenvalue weighted by Crippen LogP contribution is 2.65. The van der Waals surface area contributed by atoms with Crippen LogP contribution in [0, 0.1) is 39.9 Å². The van der Waals surface area contributed by atoms with Gasteiger partial charge in [-0.3, -0.25) is 9.59 Å². The van der Waals surface area contributed by atoms with Gasteiger partial charge in [-0.1, -0.05) is 43.6 Å². The highest BCUT2D eigenvalue weighted by Gasteiger charge is 2.65.